The third-order valence-corrected chi connectivity index (χ3v) is 2.89. The molecule has 0 amide bonds. The second-order valence-corrected chi connectivity index (χ2v) is 3.84. The van der Waals surface area contributed by atoms with Gasteiger partial charge in [-0.25, -0.2) is 4.98 Å². The number of aromatic nitrogens is 2. The quantitative estimate of drug-likeness (QED) is 0.724. The molecule has 1 fully saturated rings. The zero-order valence-corrected chi connectivity index (χ0v) is 8.53. The summed E-state index contributed by atoms with van der Waals surface area (Å²) in [6.07, 6.45) is 1.74. The lowest BCUT2D eigenvalue weighted by Gasteiger charge is -2.29. The zero-order valence-electron chi connectivity index (χ0n) is 8.53. The lowest BCUT2D eigenvalue weighted by atomic mass is 10.2. The fraction of sp³-hybridized carbons (Fsp3) is 0.364. The van der Waals surface area contributed by atoms with Crippen LogP contribution in [0.25, 0.3) is 11.0 Å². The van der Waals surface area contributed by atoms with Gasteiger partial charge in [-0.3, -0.25) is 0 Å². The topological polar surface area (TPSA) is 44.0 Å². The number of fused-ring (bicyclic) bond motifs is 1. The third-order valence-electron chi connectivity index (χ3n) is 2.89. The van der Waals surface area contributed by atoms with E-state index in [1.165, 1.54) is 5.69 Å². The minimum absolute atomic E-state index is 1.04. The van der Waals surface area contributed by atoms with Crippen LogP contribution in [0, 0.1) is 0 Å². The van der Waals surface area contributed by atoms with Gasteiger partial charge in [-0.2, -0.15) is 0 Å². The Kier molecular flexibility index (Phi) is 2.07. The lowest BCUT2D eigenvalue weighted by molar-refractivity contribution is 0.589. The van der Waals surface area contributed by atoms with Gasteiger partial charge >= 0.3 is 0 Å². The Morgan fingerprint density at radius 2 is 2.07 bits per heavy atom. The number of piperazine rings is 1. The summed E-state index contributed by atoms with van der Waals surface area (Å²) in [5.74, 6) is 0. The molecule has 1 aromatic heterocycles. The molecule has 4 heteroatoms. The van der Waals surface area contributed by atoms with Crippen LogP contribution >= 0.6 is 0 Å². The highest BCUT2D eigenvalue weighted by molar-refractivity contribution is 5.79. The van der Waals surface area contributed by atoms with E-state index in [0.29, 0.717) is 0 Å². The van der Waals surface area contributed by atoms with Crippen LogP contribution in [-0.4, -0.2) is 36.1 Å². The number of hydrogen-bond acceptors (Lipinski definition) is 3. The van der Waals surface area contributed by atoms with Crippen LogP contribution in [0.3, 0.4) is 0 Å². The zero-order chi connectivity index (χ0) is 10.1. The molecule has 3 rings (SSSR count). The van der Waals surface area contributed by atoms with Crippen molar-refractivity contribution in [2.24, 2.45) is 0 Å². The first-order valence-corrected chi connectivity index (χ1v) is 5.32. The van der Waals surface area contributed by atoms with Crippen LogP contribution < -0.4 is 10.2 Å². The van der Waals surface area contributed by atoms with E-state index in [-0.39, 0.29) is 0 Å². The van der Waals surface area contributed by atoms with E-state index < -0.39 is 0 Å². The maximum atomic E-state index is 4.22. The Balaban J connectivity index is 1.95. The molecular formula is C11H14N4. The number of nitrogens with one attached hydrogen (secondary N) is 2. The normalized spacial score (nSPS) is 17.2. The van der Waals surface area contributed by atoms with E-state index in [1.54, 1.807) is 6.33 Å². The molecule has 0 atom stereocenters. The molecule has 4 nitrogen and oxygen atoms in total. The van der Waals surface area contributed by atoms with Gasteiger partial charge in [0.25, 0.3) is 0 Å². The average molecular weight is 202 g/mol. The van der Waals surface area contributed by atoms with Gasteiger partial charge in [-0.15, -0.1) is 0 Å². The first-order valence-electron chi connectivity index (χ1n) is 5.32. The van der Waals surface area contributed by atoms with Crippen LogP contribution in [0.2, 0.25) is 0 Å². The number of nitrogens with zero attached hydrogens (tertiary/aromatic N) is 2. The molecule has 0 unspecified atom stereocenters. The van der Waals surface area contributed by atoms with Crippen LogP contribution in [0.5, 0.6) is 0 Å². The monoisotopic (exact) mass is 202 g/mol. The Labute approximate surface area is 88.3 Å². The van der Waals surface area contributed by atoms with Gasteiger partial charge in [-0.05, 0) is 18.2 Å². The summed E-state index contributed by atoms with van der Waals surface area (Å²) in [5, 5.41) is 3.35. The van der Waals surface area contributed by atoms with Crippen molar-refractivity contribution in [2.75, 3.05) is 31.1 Å². The summed E-state index contributed by atoms with van der Waals surface area (Å²) < 4.78 is 0. The van der Waals surface area contributed by atoms with Crippen LogP contribution in [0.4, 0.5) is 5.69 Å². The number of aromatic amines is 1. The molecule has 2 heterocycles. The van der Waals surface area contributed by atoms with Gasteiger partial charge in [-0.1, -0.05) is 0 Å². The second kappa shape index (κ2) is 3.55. The predicted molar refractivity (Wildman–Crippen MR) is 61.2 cm³/mol. The molecule has 2 N–H and O–H groups in total. The molecule has 0 radical (unpaired) electrons. The highest BCUT2D eigenvalue weighted by Gasteiger charge is 2.10. The molecule has 0 aliphatic carbocycles. The largest absolute Gasteiger partial charge is 0.369 e. The van der Waals surface area contributed by atoms with Crippen molar-refractivity contribution in [3.05, 3.63) is 24.5 Å². The Bertz CT molecular complexity index is 456. The van der Waals surface area contributed by atoms with E-state index in [9.17, 15) is 0 Å². The van der Waals surface area contributed by atoms with Gasteiger partial charge < -0.3 is 15.2 Å². The lowest BCUT2D eigenvalue weighted by Crippen LogP contribution is -2.43. The third kappa shape index (κ3) is 1.57. The molecule has 2 aromatic rings. The number of anilines is 1. The van der Waals surface area contributed by atoms with Crippen molar-refractivity contribution in [1.82, 2.24) is 15.3 Å². The van der Waals surface area contributed by atoms with E-state index in [0.717, 1.165) is 37.2 Å². The highest BCUT2D eigenvalue weighted by Crippen LogP contribution is 2.19. The van der Waals surface area contributed by atoms with Crippen LogP contribution in [0.1, 0.15) is 0 Å². The van der Waals surface area contributed by atoms with Crippen molar-refractivity contribution in [1.29, 1.82) is 0 Å². The molecule has 78 valence electrons. The molecule has 1 aliphatic heterocycles. The smallest absolute Gasteiger partial charge is 0.0931 e. The summed E-state index contributed by atoms with van der Waals surface area (Å²) >= 11 is 0. The molecule has 0 bridgehead atoms. The predicted octanol–water partition coefficient (Wildman–Crippen LogP) is 0.972. The average Bonchev–Trinajstić information content (AvgIpc) is 2.77. The van der Waals surface area contributed by atoms with Crippen molar-refractivity contribution in [2.45, 2.75) is 0 Å². The number of hydrogen-bond donors (Lipinski definition) is 2. The van der Waals surface area contributed by atoms with Gasteiger partial charge in [0.05, 0.1) is 17.4 Å². The highest BCUT2D eigenvalue weighted by atomic mass is 15.2. The first-order chi connectivity index (χ1) is 7.43. The molecular weight excluding hydrogens is 188 g/mol. The fourth-order valence-electron chi connectivity index (χ4n) is 2.04. The SMILES string of the molecule is c1nc2ccc(N3CCNCC3)cc2[nH]1. The first kappa shape index (κ1) is 8.73. The summed E-state index contributed by atoms with van der Waals surface area (Å²) in [4.78, 5) is 9.76. The number of rotatable bonds is 1. The molecule has 15 heavy (non-hydrogen) atoms. The summed E-state index contributed by atoms with van der Waals surface area (Å²) in [6.45, 7) is 4.31. The Hall–Kier alpha value is -1.55. The van der Waals surface area contributed by atoms with Gasteiger partial charge in [0.15, 0.2) is 0 Å². The molecule has 0 saturated carbocycles. The molecule has 1 saturated heterocycles. The molecule has 1 aromatic carbocycles. The standard InChI is InChI=1S/C11H14N4/c1-2-10-11(14-8-13-10)7-9(1)15-5-3-12-4-6-15/h1-2,7-8,12H,3-6H2,(H,13,14). The van der Waals surface area contributed by atoms with Crippen LogP contribution in [0.15, 0.2) is 24.5 Å². The number of imidazole rings is 1. The summed E-state index contributed by atoms with van der Waals surface area (Å²) in [5.41, 5.74) is 3.44. The van der Waals surface area contributed by atoms with Crippen molar-refractivity contribution in [3.8, 4) is 0 Å². The molecule has 1 aliphatic rings. The fourth-order valence-corrected chi connectivity index (χ4v) is 2.04. The summed E-state index contributed by atoms with van der Waals surface area (Å²) in [7, 11) is 0. The Morgan fingerprint density at radius 3 is 2.93 bits per heavy atom. The second-order valence-electron chi connectivity index (χ2n) is 3.84. The molecule has 0 spiro atoms. The van der Waals surface area contributed by atoms with E-state index >= 15 is 0 Å². The van der Waals surface area contributed by atoms with Gasteiger partial charge in [0, 0.05) is 31.9 Å². The minimum atomic E-state index is 1.04. The van der Waals surface area contributed by atoms with Gasteiger partial charge in [0.2, 0.25) is 0 Å². The minimum Gasteiger partial charge on any atom is -0.369 e. The van der Waals surface area contributed by atoms with Crippen molar-refractivity contribution in [3.63, 3.8) is 0 Å². The number of H-pyrrole nitrogens is 1. The van der Waals surface area contributed by atoms with Gasteiger partial charge in [0.1, 0.15) is 0 Å². The van der Waals surface area contributed by atoms with E-state index in [4.69, 9.17) is 0 Å². The van der Waals surface area contributed by atoms with E-state index in [2.05, 4.69) is 38.4 Å². The maximum Gasteiger partial charge on any atom is 0.0931 e. The maximum absolute atomic E-state index is 4.22. The van der Waals surface area contributed by atoms with Crippen LogP contribution in [-0.2, 0) is 0 Å². The summed E-state index contributed by atoms with van der Waals surface area (Å²) in [6, 6.07) is 6.39. The van der Waals surface area contributed by atoms with E-state index in [1.807, 2.05) is 0 Å². The number of benzene rings is 1. The van der Waals surface area contributed by atoms with Crippen molar-refractivity contribution >= 4 is 16.7 Å². The Morgan fingerprint density at radius 1 is 1.20 bits per heavy atom. The van der Waals surface area contributed by atoms with Crippen molar-refractivity contribution < 1.29 is 0 Å².